The van der Waals surface area contributed by atoms with Gasteiger partial charge in [0.2, 0.25) is 5.78 Å². The van der Waals surface area contributed by atoms with Crippen LogP contribution in [0.1, 0.15) is 34.5 Å². The standard InChI is InChI=1S/C22H16N6O2/c29-20(30)15-9-26-28(12-15)17-10-24-21-25-11-19(27(21)13-17)22(5-6-22)16-3-4-18-14(8-16)2-1-7-23-18/h1-4,7-13H,5-6H2,(H,29,30). The Morgan fingerprint density at radius 3 is 2.70 bits per heavy atom. The van der Waals surface area contributed by atoms with Gasteiger partial charge < -0.3 is 5.11 Å². The van der Waals surface area contributed by atoms with Crippen molar-refractivity contribution in [3.05, 3.63) is 84.3 Å². The summed E-state index contributed by atoms with van der Waals surface area (Å²) in [6, 6.07) is 10.4. The van der Waals surface area contributed by atoms with Gasteiger partial charge in [0, 0.05) is 29.4 Å². The lowest BCUT2D eigenvalue weighted by atomic mass is 9.91. The molecule has 0 aliphatic heterocycles. The van der Waals surface area contributed by atoms with Crippen molar-refractivity contribution < 1.29 is 9.90 Å². The van der Waals surface area contributed by atoms with Gasteiger partial charge in [-0.05, 0) is 36.6 Å². The van der Waals surface area contributed by atoms with Crippen molar-refractivity contribution in [1.29, 1.82) is 0 Å². The molecule has 1 aliphatic carbocycles. The van der Waals surface area contributed by atoms with Crippen LogP contribution >= 0.6 is 0 Å². The number of aromatic nitrogens is 6. The van der Waals surface area contributed by atoms with E-state index in [-0.39, 0.29) is 11.0 Å². The monoisotopic (exact) mass is 396 g/mol. The maximum absolute atomic E-state index is 11.2. The molecule has 0 unspecified atom stereocenters. The minimum atomic E-state index is -1.01. The Morgan fingerprint density at radius 1 is 1.03 bits per heavy atom. The number of fused-ring (bicyclic) bond motifs is 2. The molecule has 6 rings (SSSR count). The molecule has 1 aromatic carbocycles. The zero-order chi connectivity index (χ0) is 20.3. The second-order valence-electron chi connectivity index (χ2n) is 7.60. The van der Waals surface area contributed by atoms with Gasteiger partial charge in [0.15, 0.2) is 0 Å². The summed E-state index contributed by atoms with van der Waals surface area (Å²) in [6.45, 7) is 0. The van der Waals surface area contributed by atoms with Crippen LogP contribution in [0.2, 0.25) is 0 Å². The summed E-state index contributed by atoms with van der Waals surface area (Å²) in [5, 5.41) is 14.4. The van der Waals surface area contributed by atoms with E-state index in [4.69, 9.17) is 5.11 Å². The maximum Gasteiger partial charge on any atom is 0.338 e. The number of hydrogen-bond donors (Lipinski definition) is 1. The maximum atomic E-state index is 11.2. The third-order valence-electron chi connectivity index (χ3n) is 5.84. The Balaban J connectivity index is 1.47. The van der Waals surface area contributed by atoms with E-state index in [1.165, 1.54) is 22.6 Å². The smallest absolute Gasteiger partial charge is 0.338 e. The second-order valence-corrected chi connectivity index (χ2v) is 7.60. The lowest BCUT2D eigenvalue weighted by Gasteiger charge is -2.16. The number of nitrogens with zero attached hydrogens (tertiary/aromatic N) is 6. The van der Waals surface area contributed by atoms with E-state index in [9.17, 15) is 4.79 Å². The van der Waals surface area contributed by atoms with Crippen LogP contribution in [0.15, 0.2) is 67.5 Å². The SMILES string of the molecule is O=C(O)c1cnn(-c2cnc3ncc(C4(c5ccc6ncccc6c5)CC4)n3c2)c1. The highest BCUT2D eigenvalue weighted by molar-refractivity contribution is 5.87. The molecular weight excluding hydrogens is 380 g/mol. The van der Waals surface area contributed by atoms with E-state index in [1.807, 2.05) is 22.9 Å². The molecule has 0 amide bonds. The van der Waals surface area contributed by atoms with Gasteiger partial charge in [-0.25, -0.2) is 19.4 Å². The summed E-state index contributed by atoms with van der Waals surface area (Å²) in [7, 11) is 0. The number of rotatable bonds is 4. The summed E-state index contributed by atoms with van der Waals surface area (Å²) < 4.78 is 3.50. The van der Waals surface area contributed by atoms with Gasteiger partial charge in [0.05, 0.1) is 41.1 Å². The molecule has 5 aromatic rings. The van der Waals surface area contributed by atoms with Crippen molar-refractivity contribution in [2.75, 3.05) is 0 Å². The number of hydrogen-bond acceptors (Lipinski definition) is 5. The first kappa shape index (κ1) is 16.8. The predicted molar refractivity (Wildman–Crippen MR) is 109 cm³/mol. The van der Waals surface area contributed by atoms with Crippen LogP contribution in [0.3, 0.4) is 0 Å². The van der Waals surface area contributed by atoms with Gasteiger partial charge in [-0.3, -0.25) is 9.38 Å². The molecular formula is C22H16N6O2. The fourth-order valence-electron chi connectivity index (χ4n) is 4.10. The summed E-state index contributed by atoms with van der Waals surface area (Å²) in [5.74, 6) is -0.408. The molecule has 1 fully saturated rings. The minimum Gasteiger partial charge on any atom is -0.478 e. The summed E-state index contributed by atoms with van der Waals surface area (Å²) in [5.41, 5.74) is 3.98. The van der Waals surface area contributed by atoms with Gasteiger partial charge in [0.25, 0.3) is 0 Å². The lowest BCUT2D eigenvalue weighted by molar-refractivity contribution is 0.0697. The summed E-state index contributed by atoms with van der Waals surface area (Å²) >= 11 is 0. The number of aromatic carboxylic acids is 1. The van der Waals surface area contributed by atoms with E-state index in [2.05, 4.69) is 44.3 Å². The lowest BCUT2D eigenvalue weighted by Crippen LogP contribution is -2.12. The van der Waals surface area contributed by atoms with Gasteiger partial charge in [-0.2, -0.15) is 5.10 Å². The van der Waals surface area contributed by atoms with E-state index >= 15 is 0 Å². The summed E-state index contributed by atoms with van der Waals surface area (Å²) in [6.07, 6.45) is 12.1. The van der Waals surface area contributed by atoms with Crippen molar-refractivity contribution in [2.45, 2.75) is 18.3 Å². The number of carboxylic acid groups (broad SMARTS) is 1. The highest BCUT2D eigenvalue weighted by Gasteiger charge is 2.48. The molecule has 4 heterocycles. The van der Waals surface area contributed by atoms with Crippen molar-refractivity contribution in [3.8, 4) is 5.69 Å². The van der Waals surface area contributed by atoms with Crippen molar-refractivity contribution in [3.63, 3.8) is 0 Å². The Kier molecular flexibility index (Phi) is 3.35. The van der Waals surface area contributed by atoms with Crippen molar-refractivity contribution in [2.24, 2.45) is 0 Å². The average molecular weight is 396 g/mol. The molecule has 0 atom stereocenters. The van der Waals surface area contributed by atoms with Crippen LogP contribution in [0.4, 0.5) is 0 Å². The summed E-state index contributed by atoms with van der Waals surface area (Å²) in [4.78, 5) is 24.5. The van der Waals surface area contributed by atoms with Crippen LogP contribution < -0.4 is 0 Å². The van der Waals surface area contributed by atoms with Gasteiger partial charge in [-0.1, -0.05) is 12.1 Å². The topological polar surface area (TPSA) is 98.2 Å². The zero-order valence-electron chi connectivity index (χ0n) is 15.8. The number of benzene rings is 1. The van der Waals surface area contributed by atoms with Crippen LogP contribution in [-0.4, -0.2) is 40.2 Å². The fourth-order valence-corrected chi connectivity index (χ4v) is 4.10. The van der Waals surface area contributed by atoms with E-state index in [1.54, 1.807) is 12.4 Å². The highest BCUT2D eigenvalue weighted by atomic mass is 16.4. The Morgan fingerprint density at radius 2 is 1.90 bits per heavy atom. The first-order valence-electron chi connectivity index (χ1n) is 9.61. The molecule has 8 nitrogen and oxygen atoms in total. The fraction of sp³-hybridized carbons (Fsp3) is 0.136. The molecule has 8 heteroatoms. The average Bonchev–Trinajstić information content (AvgIpc) is 3.22. The second kappa shape index (κ2) is 5.96. The molecule has 0 bridgehead atoms. The number of carbonyl (C=O) groups is 1. The molecule has 4 aromatic heterocycles. The third-order valence-corrected chi connectivity index (χ3v) is 5.84. The molecule has 146 valence electrons. The molecule has 30 heavy (non-hydrogen) atoms. The normalized spacial score (nSPS) is 14.9. The number of pyridine rings is 1. The van der Waals surface area contributed by atoms with E-state index in [0.29, 0.717) is 11.5 Å². The van der Waals surface area contributed by atoms with Gasteiger partial charge in [-0.15, -0.1) is 0 Å². The molecule has 1 N–H and O–H groups in total. The predicted octanol–water partition coefficient (Wildman–Crippen LogP) is 3.24. The number of imidazole rings is 1. The Labute approximate surface area is 170 Å². The highest BCUT2D eigenvalue weighted by Crippen LogP contribution is 2.53. The molecule has 0 saturated heterocycles. The van der Waals surface area contributed by atoms with Crippen LogP contribution in [0.25, 0.3) is 22.4 Å². The first-order chi connectivity index (χ1) is 14.6. The largest absolute Gasteiger partial charge is 0.478 e. The van der Waals surface area contributed by atoms with Crippen molar-refractivity contribution >= 4 is 22.6 Å². The van der Waals surface area contributed by atoms with Gasteiger partial charge in [0.1, 0.15) is 0 Å². The first-order valence-corrected chi connectivity index (χ1v) is 9.61. The molecule has 1 aliphatic rings. The third kappa shape index (κ3) is 2.43. The minimum absolute atomic E-state index is 0.111. The molecule has 0 radical (unpaired) electrons. The Hall–Kier alpha value is -4.07. The zero-order valence-corrected chi connectivity index (χ0v) is 15.8. The van der Waals surface area contributed by atoms with E-state index in [0.717, 1.165) is 29.4 Å². The quantitative estimate of drug-likeness (QED) is 0.501. The van der Waals surface area contributed by atoms with Crippen LogP contribution in [0.5, 0.6) is 0 Å². The van der Waals surface area contributed by atoms with Gasteiger partial charge >= 0.3 is 5.97 Å². The molecule has 1 saturated carbocycles. The molecule has 0 spiro atoms. The van der Waals surface area contributed by atoms with Crippen molar-refractivity contribution in [1.82, 2.24) is 29.1 Å². The Bertz CT molecular complexity index is 1450. The van der Waals surface area contributed by atoms with E-state index < -0.39 is 5.97 Å². The van der Waals surface area contributed by atoms with Crippen LogP contribution in [0, 0.1) is 0 Å². The van der Waals surface area contributed by atoms with Crippen LogP contribution in [-0.2, 0) is 5.41 Å². The number of carboxylic acids is 1.